The van der Waals surface area contributed by atoms with E-state index < -0.39 is 9.84 Å². The van der Waals surface area contributed by atoms with Crippen LogP contribution < -0.4 is 5.32 Å². The molecule has 0 radical (unpaired) electrons. The molecular formula is C14H21NO2S. The van der Waals surface area contributed by atoms with Gasteiger partial charge in [0, 0.05) is 12.1 Å². The fraction of sp³-hybridized carbons (Fsp3) is 0.571. The summed E-state index contributed by atoms with van der Waals surface area (Å²) in [7, 11) is -2.99. The van der Waals surface area contributed by atoms with Crippen molar-refractivity contribution in [3.05, 3.63) is 35.4 Å². The van der Waals surface area contributed by atoms with Crippen LogP contribution in [0.5, 0.6) is 0 Å². The third-order valence-corrected chi connectivity index (χ3v) is 6.09. The molecular weight excluding hydrogens is 246 g/mol. The van der Waals surface area contributed by atoms with Crippen LogP contribution in [0.1, 0.15) is 37.4 Å². The molecule has 0 amide bonds. The lowest BCUT2D eigenvalue weighted by molar-refractivity contribution is 0.404. The highest BCUT2D eigenvalue weighted by atomic mass is 32.2. The highest BCUT2D eigenvalue weighted by molar-refractivity contribution is 7.92. The number of benzene rings is 1. The van der Waals surface area contributed by atoms with Gasteiger partial charge in [-0.3, -0.25) is 0 Å². The summed E-state index contributed by atoms with van der Waals surface area (Å²) >= 11 is 0. The van der Waals surface area contributed by atoms with Crippen LogP contribution in [0, 0.1) is 6.92 Å². The van der Waals surface area contributed by atoms with E-state index in [-0.39, 0.29) is 23.1 Å². The lowest BCUT2D eigenvalue weighted by Crippen LogP contribution is -2.51. The predicted octanol–water partition coefficient (Wildman–Crippen LogP) is 2.22. The Balaban J connectivity index is 2.33. The molecule has 1 aromatic rings. The Bertz CT molecular complexity index is 507. The molecule has 100 valence electrons. The van der Waals surface area contributed by atoms with Crippen LogP contribution in [-0.4, -0.2) is 25.5 Å². The van der Waals surface area contributed by atoms with Gasteiger partial charge in [-0.2, -0.15) is 0 Å². The van der Waals surface area contributed by atoms with Gasteiger partial charge in [0.05, 0.1) is 11.0 Å². The second kappa shape index (κ2) is 5.02. The number of rotatable bonds is 2. The largest absolute Gasteiger partial charge is 0.305 e. The SMILES string of the molecule is CCC1CS(=O)(=O)C(C)C(c2ccc(C)cc2)N1. The maximum atomic E-state index is 12.2. The van der Waals surface area contributed by atoms with Gasteiger partial charge in [0.2, 0.25) is 0 Å². The molecule has 3 atom stereocenters. The molecule has 2 rings (SSSR count). The first-order valence-corrected chi connectivity index (χ1v) is 8.19. The normalized spacial score (nSPS) is 31.2. The van der Waals surface area contributed by atoms with Gasteiger partial charge in [0.25, 0.3) is 0 Å². The van der Waals surface area contributed by atoms with Crippen LogP contribution in [0.25, 0.3) is 0 Å². The molecule has 1 N–H and O–H groups in total. The van der Waals surface area contributed by atoms with E-state index in [1.807, 2.05) is 38.1 Å². The quantitative estimate of drug-likeness (QED) is 0.893. The summed E-state index contributed by atoms with van der Waals surface area (Å²) in [5.74, 6) is 0.257. The molecule has 3 nitrogen and oxygen atoms in total. The Morgan fingerprint density at radius 1 is 1.28 bits per heavy atom. The summed E-state index contributed by atoms with van der Waals surface area (Å²) < 4.78 is 24.3. The molecule has 0 spiro atoms. The first-order valence-electron chi connectivity index (χ1n) is 6.48. The van der Waals surface area contributed by atoms with Crippen molar-refractivity contribution in [2.45, 2.75) is 44.5 Å². The van der Waals surface area contributed by atoms with Crippen LogP contribution in [0.4, 0.5) is 0 Å². The molecule has 1 fully saturated rings. The summed E-state index contributed by atoms with van der Waals surface area (Å²) in [4.78, 5) is 0. The van der Waals surface area contributed by atoms with E-state index in [9.17, 15) is 8.42 Å². The Morgan fingerprint density at radius 3 is 2.44 bits per heavy atom. The zero-order chi connectivity index (χ0) is 13.3. The van der Waals surface area contributed by atoms with Gasteiger partial charge in [0.15, 0.2) is 9.84 Å². The molecule has 1 saturated heterocycles. The number of aryl methyl sites for hydroxylation is 1. The minimum atomic E-state index is -2.99. The topological polar surface area (TPSA) is 46.2 Å². The Hall–Kier alpha value is -0.870. The van der Waals surface area contributed by atoms with Gasteiger partial charge in [-0.1, -0.05) is 36.8 Å². The minimum Gasteiger partial charge on any atom is -0.305 e. The van der Waals surface area contributed by atoms with Crippen molar-refractivity contribution in [2.75, 3.05) is 5.75 Å². The third-order valence-electron chi connectivity index (χ3n) is 3.81. The van der Waals surface area contributed by atoms with E-state index in [2.05, 4.69) is 5.32 Å². The smallest absolute Gasteiger partial charge is 0.156 e. The average molecular weight is 267 g/mol. The first kappa shape index (κ1) is 13.6. The molecule has 0 aromatic heterocycles. The van der Waals surface area contributed by atoms with E-state index >= 15 is 0 Å². The summed E-state index contributed by atoms with van der Waals surface area (Å²) in [5.41, 5.74) is 2.26. The highest BCUT2D eigenvalue weighted by Gasteiger charge is 2.38. The van der Waals surface area contributed by atoms with Crippen molar-refractivity contribution in [1.29, 1.82) is 0 Å². The number of hydrogen-bond acceptors (Lipinski definition) is 3. The molecule has 4 heteroatoms. The van der Waals surface area contributed by atoms with Crippen LogP contribution >= 0.6 is 0 Å². The summed E-state index contributed by atoms with van der Waals surface area (Å²) in [6.45, 7) is 5.86. The van der Waals surface area contributed by atoms with Crippen LogP contribution in [-0.2, 0) is 9.84 Å². The predicted molar refractivity (Wildman–Crippen MR) is 74.4 cm³/mol. The van der Waals surface area contributed by atoms with E-state index in [1.54, 1.807) is 6.92 Å². The molecule has 0 saturated carbocycles. The average Bonchev–Trinajstić information content (AvgIpc) is 2.33. The van der Waals surface area contributed by atoms with Gasteiger partial charge in [-0.05, 0) is 25.8 Å². The molecule has 0 bridgehead atoms. The van der Waals surface area contributed by atoms with Crippen LogP contribution in [0.3, 0.4) is 0 Å². The van der Waals surface area contributed by atoms with Crippen molar-refractivity contribution in [3.8, 4) is 0 Å². The minimum absolute atomic E-state index is 0.0671. The number of nitrogens with one attached hydrogen (secondary N) is 1. The molecule has 18 heavy (non-hydrogen) atoms. The summed E-state index contributed by atoms with van der Waals surface area (Å²) in [6, 6.07) is 8.10. The zero-order valence-corrected chi connectivity index (χ0v) is 12.0. The zero-order valence-electron chi connectivity index (χ0n) is 11.2. The lowest BCUT2D eigenvalue weighted by Gasteiger charge is -2.35. The van der Waals surface area contributed by atoms with Gasteiger partial charge in [0.1, 0.15) is 0 Å². The first-order chi connectivity index (χ1) is 8.44. The molecule has 0 aliphatic carbocycles. The van der Waals surface area contributed by atoms with Gasteiger partial charge in [-0.25, -0.2) is 8.42 Å². The number of sulfone groups is 1. The Labute approximate surface area is 110 Å². The summed E-state index contributed by atoms with van der Waals surface area (Å²) in [6.07, 6.45) is 0.842. The van der Waals surface area contributed by atoms with Crippen molar-refractivity contribution in [3.63, 3.8) is 0 Å². The van der Waals surface area contributed by atoms with Crippen molar-refractivity contribution >= 4 is 9.84 Å². The van der Waals surface area contributed by atoms with Crippen molar-refractivity contribution in [1.82, 2.24) is 5.32 Å². The Morgan fingerprint density at radius 2 is 1.89 bits per heavy atom. The van der Waals surface area contributed by atoms with Gasteiger partial charge >= 0.3 is 0 Å². The lowest BCUT2D eigenvalue weighted by atomic mass is 10.0. The Kier molecular flexibility index (Phi) is 3.78. The second-order valence-electron chi connectivity index (χ2n) is 5.19. The van der Waals surface area contributed by atoms with Gasteiger partial charge in [-0.15, -0.1) is 0 Å². The van der Waals surface area contributed by atoms with E-state index in [0.717, 1.165) is 12.0 Å². The van der Waals surface area contributed by atoms with Crippen LogP contribution in [0.2, 0.25) is 0 Å². The maximum Gasteiger partial charge on any atom is 0.156 e. The monoisotopic (exact) mass is 267 g/mol. The second-order valence-corrected chi connectivity index (χ2v) is 7.60. The van der Waals surface area contributed by atoms with Gasteiger partial charge < -0.3 is 5.32 Å². The van der Waals surface area contributed by atoms with E-state index in [0.29, 0.717) is 0 Å². The fourth-order valence-corrected chi connectivity index (χ4v) is 4.30. The van der Waals surface area contributed by atoms with E-state index in [1.165, 1.54) is 5.56 Å². The fourth-order valence-electron chi connectivity index (χ4n) is 2.45. The molecule has 1 aliphatic rings. The highest BCUT2D eigenvalue weighted by Crippen LogP contribution is 2.28. The molecule has 1 heterocycles. The van der Waals surface area contributed by atoms with Crippen molar-refractivity contribution < 1.29 is 8.42 Å². The maximum absolute atomic E-state index is 12.2. The standard InChI is InChI=1S/C14H21NO2S/c1-4-13-9-18(16,17)11(3)14(15-13)12-7-5-10(2)6-8-12/h5-8,11,13-15H,4,9H2,1-3H3. The third kappa shape index (κ3) is 2.59. The molecule has 1 aromatic carbocycles. The molecule has 1 aliphatic heterocycles. The van der Waals surface area contributed by atoms with Crippen LogP contribution in [0.15, 0.2) is 24.3 Å². The number of hydrogen-bond donors (Lipinski definition) is 1. The van der Waals surface area contributed by atoms with E-state index in [4.69, 9.17) is 0 Å². The molecule has 3 unspecified atom stereocenters. The summed E-state index contributed by atoms with van der Waals surface area (Å²) in [5, 5.41) is 3.11. The van der Waals surface area contributed by atoms with Crippen molar-refractivity contribution in [2.24, 2.45) is 0 Å².